The van der Waals surface area contributed by atoms with E-state index in [1.807, 2.05) is 0 Å². The van der Waals surface area contributed by atoms with E-state index in [1.165, 1.54) is 0 Å². The monoisotopic (exact) mass is 113 g/mol. The Kier molecular flexibility index (Phi) is 1.24. The van der Waals surface area contributed by atoms with Crippen LogP contribution in [0.25, 0.3) is 0 Å². The molecule has 0 amide bonds. The van der Waals surface area contributed by atoms with Gasteiger partial charge >= 0.3 is 0 Å². The number of hydrogen-bond donors (Lipinski definition) is 1. The van der Waals surface area contributed by atoms with Crippen molar-refractivity contribution in [2.45, 2.75) is 0 Å². The Hall–Kier alpha value is 0.290. The standard InChI is InChI=1S/HO3S2/c1-5(2,3)4/h(H,1,2,4). The Morgan fingerprint density at radius 1 is 1.80 bits per heavy atom. The van der Waals surface area contributed by atoms with Crippen LogP contribution in [0.2, 0.25) is 0 Å². The largest absolute Gasteiger partial charge is 0.294 e. The number of hydrogen-bond acceptors (Lipinski definition) is 2. The molecule has 0 saturated carbocycles. The van der Waals surface area contributed by atoms with Crippen molar-refractivity contribution in [2.24, 2.45) is 0 Å². The quantitative estimate of drug-likeness (QED) is 0.463. The summed E-state index contributed by atoms with van der Waals surface area (Å²) >= 11 is 3.35. The minimum atomic E-state index is -4.08. The first kappa shape index (κ1) is 5.29. The minimum absolute atomic E-state index is 3.35. The molecule has 0 saturated heterocycles. The molecule has 0 aromatic heterocycles. The molecule has 1 radical (unpaired) electrons. The molecule has 0 aliphatic heterocycles. The van der Waals surface area contributed by atoms with Crippen LogP contribution in [0.1, 0.15) is 0 Å². The predicted octanol–water partition coefficient (Wildman–Crippen LogP) is -0.449. The van der Waals surface area contributed by atoms with Gasteiger partial charge in [0.2, 0.25) is 0 Å². The van der Waals surface area contributed by atoms with E-state index in [2.05, 4.69) is 11.2 Å². The normalized spacial score (nSPS) is 11.6. The molecule has 1 N–H and O–H groups in total. The van der Waals surface area contributed by atoms with Crippen molar-refractivity contribution in [1.82, 2.24) is 0 Å². The molecule has 3 nitrogen and oxygen atoms in total. The molecular formula is HO3S2. The lowest BCUT2D eigenvalue weighted by Crippen LogP contribution is -1.83. The van der Waals surface area contributed by atoms with Gasteiger partial charge in [0, 0.05) is 11.2 Å². The van der Waals surface area contributed by atoms with Crippen LogP contribution in [-0.2, 0) is 24.8 Å². The first-order chi connectivity index (χ1) is 2.00. The maximum absolute atomic E-state index is 9.00. The van der Waals surface area contributed by atoms with Crippen LogP contribution in [0.15, 0.2) is 0 Å². The summed E-state index contributed by atoms with van der Waals surface area (Å²) in [5.74, 6) is 0. The Balaban J connectivity index is 4.06. The average molecular weight is 113 g/mol. The van der Waals surface area contributed by atoms with Crippen LogP contribution < -0.4 is 0 Å². The summed E-state index contributed by atoms with van der Waals surface area (Å²) in [4.78, 5) is 0. The van der Waals surface area contributed by atoms with E-state index in [0.29, 0.717) is 0 Å². The fourth-order valence-electron chi connectivity index (χ4n) is 0. The fraction of sp³-hybridized carbons (Fsp3) is 0. The van der Waals surface area contributed by atoms with Gasteiger partial charge in [-0.2, -0.15) is 4.21 Å². The van der Waals surface area contributed by atoms with E-state index >= 15 is 0 Å². The van der Waals surface area contributed by atoms with Crippen LogP contribution in [0.3, 0.4) is 0 Å². The van der Waals surface area contributed by atoms with Crippen molar-refractivity contribution in [1.29, 1.82) is 0 Å². The van der Waals surface area contributed by atoms with Gasteiger partial charge in [0.05, 0.1) is 0 Å². The van der Waals surface area contributed by atoms with Crippen molar-refractivity contribution in [2.75, 3.05) is 0 Å². The molecule has 0 aromatic rings. The SMILES string of the molecule is [O]S(=O)(O)=S. The second-order valence-corrected chi connectivity index (χ2v) is 2.55. The van der Waals surface area contributed by atoms with Crippen LogP contribution in [0.4, 0.5) is 0 Å². The van der Waals surface area contributed by atoms with E-state index in [-0.39, 0.29) is 0 Å². The summed E-state index contributed by atoms with van der Waals surface area (Å²) in [6.45, 7) is 0. The third-order valence-corrected chi connectivity index (χ3v) is 0. The summed E-state index contributed by atoms with van der Waals surface area (Å²) in [5, 5.41) is 0. The van der Waals surface area contributed by atoms with Crippen LogP contribution in [0, 0.1) is 0 Å². The average Bonchev–Trinajstić information content (AvgIpc) is 0.722. The van der Waals surface area contributed by atoms with Gasteiger partial charge in [0.15, 0.2) is 0 Å². The summed E-state index contributed by atoms with van der Waals surface area (Å²) < 4.78 is 25.3. The lowest BCUT2D eigenvalue weighted by Gasteiger charge is -1.68. The van der Waals surface area contributed by atoms with E-state index in [1.54, 1.807) is 0 Å². The molecule has 0 aliphatic carbocycles. The topological polar surface area (TPSA) is 57.2 Å². The Morgan fingerprint density at radius 3 is 1.80 bits per heavy atom. The zero-order chi connectivity index (χ0) is 4.50. The van der Waals surface area contributed by atoms with E-state index in [0.717, 1.165) is 0 Å². The number of rotatable bonds is 0. The van der Waals surface area contributed by atoms with Gasteiger partial charge in [0.25, 0.3) is 9.05 Å². The molecule has 31 valence electrons. The Labute approximate surface area is 34.3 Å². The second kappa shape index (κ2) is 1.17. The summed E-state index contributed by atoms with van der Waals surface area (Å²) in [6, 6.07) is 0. The first-order valence-corrected chi connectivity index (χ1v) is 3.05. The van der Waals surface area contributed by atoms with Gasteiger partial charge < -0.3 is 0 Å². The van der Waals surface area contributed by atoms with Gasteiger partial charge in [-0.3, -0.25) is 4.55 Å². The van der Waals surface area contributed by atoms with Gasteiger partial charge in [-0.25, -0.2) is 0 Å². The van der Waals surface area contributed by atoms with E-state index in [4.69, 9.17) is 13.3 Å². The van der Waals surface area contributed by atoms with Crippen molar-refractivity contribution < 1.29 is 13.3 Å². The van der Waals surface area contributed by atoms with Crippen LogP contribution >= 0.6 is 0 Å². The maximum atomic E-state index is 9.00. The second-order valence-electron chi connectivity index (χ2n) is 0.428. The minimum Gasteiger partial charge on any atom is -0.283 e. The zero-order valence-electron chi connectivity index (χ0n) is 2.08. The van der Waals surface area contributed by atoms with Crippen LogP contribution in [-0.4, -0.2) is 8.76 Å². The maximum Gasteiger partial charge on any atom is 0.294 e. The Morgan fingerprint density at radius 2 is 1.80 bits per heavy atom. The van der Waals surface area contributed by atoms with Crippen LogP contribution in [0.5, 0.6) is 0 Å². The van der Waals surface area contributed by atoms with E-state index in [9.17, 15) is 0 Å². The van der Waals surface area contributed by atoms with Gasteiger partial charge in [0.1, 0.15) is 0 Å². The molecule has 0 fully saturated rings. The van der Waals surface area contributed by atoms with Crippen molar-refractivity contribution >= 4 is 20.2 Å². The zero-order valence-corrected chi connectivity index (χ0v) is 3.71. The predicted molar refractivity (Wildman–Crippen MR) is 18.8 cm³/mol. The molecule has 0 aromatic carbocycles. The molecule has 0 bridgehead atoms. The molecule has 0 rings (SSSR count). The van der Waals surface area contributed by atoms with Gasteiger partial charge in [-0.15, -0.1) is 0 Å². The summed E-state index contributed by atoms with van der Waals surface area (Å²) in [5.41, 5.74) is 0. The summed E-state index contributed by atoms with van der Waals surface area (Å²) in [6.07, 6.45) is 0. The van der Waals surface area contributed by atoms with Crippen molar-refractivity contribution in [3.05, 3.63) is 0 Å². The lowest BCUT2D eigenvalue weighted by atomic mass is 15.8. The molecule has 1 atom stereocenters. The van der Waals surface area contributed by atoms with Crippen molar-refractivity contribution in [3.63, 3.8) is 0 Å². The molecule has 5 heteroatoms. The summed E-state index contributed by atoms with van der Waals surface area (Å²) in [7, 11) is -4.08. The molecular weight excluding hydrogens is 112 g/mol. The molecule has 0 spiro atoms. The molecule has 5 heavy (non-hydrogen) atoms. The highest BCUT2D eigenvalue weighted by atomic mass is 32.9. The fourth-order valence-corrected chi connectivity index (χ4v) is 0. The highest BCUT2D eigenvalue weighted by Crippen LogP contribution is 1.64. The Bertz CT molecular complexity index is 88.1. The van der Waals surface area contributed by atoms with E-state index < -0.39 is 9.05 Å². The highest BCUT2D eigenvalue weighted by Gasteiger charge is 1.82. The highest BCUT2D eigenvalue weighted by molar-refractivity contribution is 8.26. The smallest absolute Gasteiger partial charge is 0.283 e. The molecule has 0 aliphatic rings. The van der Waals surface area contributed by atoms with Crippen molar-refractivity contribution in [3.8, 4) is 0 Å². The first-order valence-electron chi connectivity index (χ1n) is 0.683. The molecule has 1 unspecified atom stereocenters. The van der Waals surface area contributed by atoms with Gasteiger partial charge in [-0.05, 0) is 0 Å². The molecule has 0 heterocycles. The third kappa shape index (κ3) is 268. The van der Waals surface area contributed by atoms with Gasteiger partial charge in [-0.1, -0.05) is 4.55 Å². The third-order valence-electron chi connectivity index (χ3n) is 0. The lowest BCUT2D eigenvalue weighted by molar-refractivity contribution is 0.389.